The number of hydrogen-bond acceptors (Lipinski definition) is 2. The summed E-state index contributed by atoms with van der Waals surface area (Å²) >= 11 is 0. The Bertz CT molecular complexity index is 1160. The van der Waals surface area contributed by atoms with Gasteiger partial charge in [0.15, 0.2) is 0 Å². The minimum absolute atomic E-state index is 0.0815. The summed E-state index contributed by atoms with van der Waals surface area (Å²) in [5.74, 6) is -0.308. The molecular formula is C35H48O3. The van der Waals surface area contributed by atoms with Gasteiger partial charge in [-0.3, -0.25) is 4.79 Å². The Hall–Kier alpha value is -2.65. The molecule has 38 heavy (non-hydrogen) atoms. The van der Waals surface area contributed by atoms with E-state index in [1.807, 2.05) is 12.1 Å². The highest BCUT2D eigenvalue weighted by Crippen LogP contribution is 2.46. The van der Waals surface area contributed by atoms with E-state index in [4.69, 9.17) is 5.11 Å². The third-order valence-corrected chi connectivity index (χ3v) is 8.96. The summed E-state index contributed by atoms with van der Waals surface area (Å²) in [5, 5.41) is 19.5. The summed E-state index contributed by atoms with van der Waals surface area (Å²) in [6.07, 6.45) is 10.2. The lowest BCUT2D eigenvalue weighted by Gasteiger charge is -2.41. The molecule has 0 spiro atoms. The number of carboxylic acids is 1. The molecule has 2 atom stereocenters. The number of aryl methyl sites for hydroxylation is 2. The van der Waals surface area contributed by atoms with E-state index in [2.05, 4.69) is 91.0 Å². The zero-order valence-corrected chi connectivity index (χ0v) is 24.6. The van der Waals surface area contributed by atoms with Crippen LogP contribution in [0.2, 0.25) is 0 Å². The molecule has 0 bridgehead atoms. The molecule has 0 saturated carbocycles. The molecule has 2 aromatic carbocycles. The van der Waals surface area contributed by atoms with Crippen LogP contribution >= 0.6 is 0 Å². The molecule has 2 aromatic rings. The van der Waals surface area contributed by atoms with Gasteiger partial charge in [-0.05, 0) is 97.1 Å². The van der Waals surface area contributed by atoms with E-state index in [1.54, 1.807) is 0 Å². The smallest absolute Gasteiger partial charge is 0.303 e. The van der Waals surface area contributed by atoms with E-state index in [1.165, 1.54) is 33.4 Å². The van der Waals surface area contributed by atoms with Gasteiger partial charge in [0.2, 0.25) is 0 Å². The summed E-state index contributed by atoms with van der Waals surface area (Å²) in [6.45, 7) is 15.4. The second-order valence-electron chi connectivity index (χ2n) is 12.4. The summed E-state index contributed by atoms with van der Waals surface area (Å²) in [5.41, 5.74) is 9.00. The van der Waals surface area contributed by atoms with Crippen molar-refractivity contribution in [3.63, 3.8) is 0 Å². The first-order chi connectivity index (χ1) is 17.9. The predicted octanol–water partition coefficient (Wildman–Crippen LogP) is 8.82. The van der Waals surface area contributed by atoms with Gasteiger partial charge in [-0.1, -0.05) is 94.8 Å². The number of benzene rings is 2. The molecule has 0 amide bonds. The summed E-state index contributed by atoms with van der Waals surface area (Å²) in [6, 6.07) is 15.3. The highest BCUT2D eigenvalue weighted by Gasteiger charge is 2.37. The van der Waals surface area contributed by atoms with Gasteiger partial charge in [0.05, 0.1) is 6.10 Å². The average Bonchev–Trinajstić information content (AvgIpc) is 2.88. The molecule has 0 aliphatic heterocycles. The van der Waals surface area contributed by atoms with Crippen LogP contribution in [0.25, 0.3) is 11.1 Å². The number of carboxylic acid groups (broad SMARTS) is 1. The van der Waals surface area contributed by atoms with Crippen molar-refractivity contribution in [2.75, 3.05) is 0 Å². The predicted molar refractivity (Wildman–Crippen MR) is 159 cm³/mol. The van der Waals surface area contributed by atoms with Crippen molar-refractivity contribution in [3.05, 3.63) is 82.5 Å². The van der Waals surface area contributed by atoms with Crippen molar-refractivity contribution in [1.29, 1.82) is 0 Å². The summed E-state index contributed by atoms with van der Waals surface area (Å²) in [4.78, 5) is 10.9. The van der Waals surface area contributed by atoms with E-state index in [0.29, 0.717) is 12.3 Å². The van der Waals surface area contributed by atoms with Gasteiger partial charge in [-0.2, -0.15) is 0 Å². The molecule has 206 valence electrons. The van der Waals surface area contributed by atoms with E-state index < -0.39 is 5.97 Å². The van der Waals surface area contributed by atoms with Crippen LogP contribution in [0.15, 0.2) is 65.8 Å². The molecule has 2 unspecified atom stereocenters. The Morgan fingerprint density at radius 2 is 1.66 bits per heavy atom. The van der Waals surface area contributed by atoms with Crippen LogP contribution in [0.5, 0.6) is 0 Å². The lowest BCUT2D eigenvalue weighted by atomic mass is 9.63. The normalized spacial score (nSPS) is 17.1. The van der Waals surface area contributed by atoms with Crippen LogP contribution in [-0.4, -0.2) is 22.3 Å². The molecule has 1 aliphatic rings. The molecule has 1 aliphatic carbocycles. The molecule has 0 fully saturated rings. The SMILES string of the molecule is CCC(CC)(c1ccc(-c2ccc(CCC(=O)O)cc2)c(C)c1)C1C=CC(CCC(O)C(C)(C)C)=C(C)C1. The summed E-state index contributed by atoms with van der Waals surface area (Å²) in [7, 11) is 0. The second-order valence-corrected chi connectivity index (χ2v) is 12.4. The minimum atomic E-state index is -0.759. The number of hydrogen-bond donors (Lipinski definition) is 2. The van der Waals surface area contributed by atoms with Gasteiger partial charge in [-0.25, -0.2) is 0 Å². The van der Waals surface area contributed by atoms with Crippen LogP contribution in [0.1, 0.15) is 96.8 Å². The zero-order chi connectivity index (χ0) is 28.1. The molecule has 0 heterocycles. The molecule has 0 saturated heterocycles. The van der Waals surface area contributed by atoms with Crippen LogP contribution < -0.4 is 0 Å². The maximum absolute atomic E-state index is 10.9. The maximum Gasteiger partial charge on any atom is 0.303 e. The van der Waals surface area contributed by atoms with Crippen molar-refractivity contribution in [3.8, 4) is 11.1 Å². The van der Waals surface area contributed by atoms with Crippen LogP contribution in [0.4, 0.5) is 0 Å². The first kappa shape index (κ1) is 29.9. The van der Waals surface area contributed by atoms with Crippen molar-refractivity contribution in [2.45, 2.75) is 105 Å². The molecular weight excluding hydrogens is 468 g/mol. The van der Waals surface area contributed by atoms with Crippen LogP contribution in [0.3, 0.4) is 0 Å². The summed E-state index contributed by atoms with van der Waals surface area (Å²) < 4.78 is 0. The Balaban J connectivity index is 1.80. The van der Waals surface area contributed by atoms with Crippen LogP contribution in [-0.2, 0) is 16.6 Å². The Morgan fingerprint density at radius 1 is 1.00 bits per heavy atom. The fourth-order valence-electron chi connectivity index (χ4n) is 6.10. The van der Waals surface area contributed by atoms with Gasteiger partial charge >= 0.3 is 5.97 Å². The Kier molecular flexibility index (Phi) is 9.81. The lowest BCUT2D eigenvalue weighted by molar-refractivity contribution is -0.136. The Morgan fingerprint density at radius 3 is 2.18 bits per heavy atom. The highest BCUT2D eigenvalue weighted by atomic mass is 16.4. The number of aliphatic hydroxyl groups is 1. The van der Waals surface area contributed by atoms with E-state index in [9.17, 15) is 9.90 Å². The van der Waals surface area contributed by atoms with Gasteiger partial charge in [0.25, 0.3) is 0 Å². The van der Waals surface area contributed by atoms with E-state index >= 15 is 0 Å². The molecule has 3 rings (SSSR count). The third kappa shape index (κ3) is 6.86. The second kappa shape index (κ2) is 12.5. The van der Waals surface area contributed by atoms with E-state index in [-0.39, 0.29) is 23.4 Å². The number of aliphatic hydroxyl groups excluding tert-OH is 1. The first-order valence-corrected chi connectivity index (χ1v) is 14.4. The maximum atomic E-state index is 10.9. The molecule has 0 radical (unpaired) electrons. The largest absolute Gasteiger partial charge is 0.481 e. The topological polar surface area (TPSA) is 57.5 Å². The zero-order valence-electron chi connectivity index (χ0n) is 24.6. The average molecular weight is 517 g/mol. The molecule has 2 N–H and O–H groups in total. The van der Waals surface area contributed by atoms with Gasteiger partial charge in [0, 0.05) is 11.8 Å². The molecule has 3 nitrogen and oxygen atoms in total. The van der Waals surface area contributed by atoms with Gasteiger partial charge < -0.3 is 10.2 Å². The standard InChI is InChI=1S/C35H48O3/c1-8-35(9-2,29-17-15-27(24(3)22-29)16-20-32(36)34(5,6)7)30-18-19-31(25(4)23-30)28-13-10-26(11-14-28)12-21-33(37)38/h10-11,13-15,17-19,23,29,32,36H,8-9,12,16,20-22H2,1-7H3,(H,37,38). The van der Waals surface area contributed by atoms with E-state index in [0.717, 1.165) is 37.7 Å². The lowest BCUT2D eigenvalue weighted by Crippen LogP contribution is -2.34. The number of carbonyl (C=O) groups is 1. The van der Waals surface area contributed by atoms with Gasteiger partial charge in [0.1, 0.15) is 0 Å². The van der Waals surface area contributed by atoms with Crippen molar-refractivity contribution >= 4 is 5.97 Å². The number of allylic oxidation sites excluding steroid dienone is 4. The fourth-order valence-corrected chi connectivity index (χ4v) is 6.10. The number of aliphatic carboxylic acids is 1. The van der Waals surface area contributed by atoms with Crippen molar-refractivity contribution in [1.82, 2.24) is 0 Å². The van der Waals surface area contributed by atoms with Crippen LogP contribution in [0, 0.1) is 18.3 Å². The fraction of sp³-hybridized carbons (Fsp3) is 0.514. The monoisotopic (exact) mass is 516 g/mol. The van der Waals surface area contributed by atoms with Crippen molar-refractivity contribution < 1.29 is 15.0 Å². The number of rotatable bonds is 11. The molecule has 0 aromatic heterocycles. The Labute approximate surface area is 230 Å². The third-order valence-electron chi connectivity index (χ3n) is 8.96. The quantitative estimate of drug-likeness (QED) is 0.314. The minimum Gasteiger partial charge on any atom is -0.481 e. The van der Waals surface area contributed by atoms with Gasteiger partial charge in [-0.15, -0.1) is 0 Å². The first-order valence-electron chi connectivity index (χ1n) is 14.4. The molecule has 3 heteroatoms. The highest BCUT2D eigenvalue weighted by molar-refractivity contribution is 5.69. The van der Waals surface area contributed by atoms with Crippen molar-refractivity contribution in [2.24, 2.45) is 11.3 Å².